The molecule has 1 atom stereocenters. The zero-order valence-electron chi connectivity index (χ0n) is 18.0. The first-order chi connectivity index (χ1) is 14.0. The van der Waals surface area contributed by atoms with E-state index in [0.29, 0.717) is 15.8 Å². The Morgan fingerprint density at radius 2 is 1.70 bits per heavy atom. The number of amides is 2. The van der Waals surface area contributed by atoms with Gasteiger partial charge < -0.3 is 15.0 Å². The third-order valence-corrected chi connectivity index (χ3v) is 5.57. The molecule has 0 aromatic heterocycles. The van der Waals surface area contributed by atoms with Crippen LogP contribution in [0.15, 0.2) is 42.5 Å². The highest BCUT2D eigenvalue weighted by Gasteiger charge is 2.26. The van der Waals surface area contributed by atoms with E-state index >= 15 is 0 Å². The van der Waals surface area contributed by atoms with Gasteiger partial charge in [0.15, 0.2) is 6.61 Å². The Balaban J connectivity index is 2.13. The Bertz CT molecular complexity index is 892. The molecule has 30 heavy (non-hydrogen) atoms. The van der Waals surface area contributed by atoms with E-state index in [1.54, 1.807) is 25.1 Å². The first-order valence-electron chi connectivity index (χ1n) is 9.71. The Labute approximate surface area is 188 Å². The van der Waals surface area contributed by atoms with Crippen LogP contribution in [0.1, 0.15) is 38.8 Å². The summed E-state index contributed by atoms with van der Waals surface area (Å²) in [5, 5.41) is 3.40. The summed E-state index contributed by atoms with van der Waals surface area (Å²) in [6.45, 7) is 8.09. The molecule has 2 rings (SSSR count). The van der Waals surface area contributed by atoms with Crippen LogP contribution in [0.25, 0.3) is 0 Å². The van der Waals surface area contributed by atoms with Crippen LogP contribution < -0.4 is 10.1 Å². The number of carbonyl (C=O) groups is 2. The van der Waals surface area contributed by atoms with E-state index in [9.17, 15) is 9.59 Å². The average Bonchev–Trinajstić information content (AvgIpc) is 2.71. The van der Waals surface area contributed by atoms with Crippen molar-refractivity contribution in [3.63, 3.8) is 0 Å². The highest BCUT2D eigenvalue weighted by atomic mass is 35.5. The van der Waals surface area contributed by atoms with Gasteiger partial charge in [-0.3, -0.25) is 9.59 Å². The first-order valence-corrected chi connectivity index (χ1v) is 10.5. The molecule has 5 nitrogen and oxygen atoms in total. The molecule has 0 aliphatic rings. The van der Waals surface area contributed by atoms with Gasteiger partial charge in [-0.05, 0) is 47.7 Å². The number of hydrogen-bond donors (Lipinski definition) is 1. The summed E-state index contributed by atoms with van der Waals surface area (Å²) < 4.78 is 5.69. The summed E-state index contributed by atoms with van der Waals surface area (Å²) >= 11 is 12.1. The summed E-state index contributed by atoms with van der Waals surface area (Å²) in [7, 11) is 1.54. The first kappa shape index (κ1) is 24.0. The lowest BCUT2D eigenvalue weighted by Gasteiger charge is -2.28. The third-order valence-electron chi connectivity index (χ3n) is 4.83. The fourth-order valence-corrected chi connectivity index (χ4v) is 3.23. The molecule has 0 radical (unpaired) electrons. The second kappa shape index (κ2) is 10.2. The standard InChI is InChI=1S/C23H28Cl2N2O3/c1-15(22(29)26-5)27(13-16-6-11-19(24)20(25)12-16)21(28)14-30-18-9-7-17(8-10-18)23(2,3)4/h6-12,15H,13-14H2,1-5H3,(H,26,29). The van der Waals surface area contributed by atoms with E-state index in [-0.39, 0.29) is 30.4 Å². The number of rotatable bonds is 7. The lowest BCUT2D eigenvalue weighted by atomic mass is 9.87. The molecule has 1 N–H and O–H groups in total. The van der Waals surface area contributed by atoms with Gasteiger partial charge in [0.1, 0.15) is 11.8 Å². The van der Waals surface area contributed by atoms with Gasteiger partial charge in [0.2, 0.25) is 5.91 Å². The minimum absolute atomic E-state index is 0.0357. The SMILES string of the molecule is CNC(=O)C(C)N(Cc1ccc(Cl)c(Cl)c1)C(=O)COc1ccc(C(C)(C)C)cc1. The minimum Gasteiger partial charge on any atom is -0.484 e. The zero-order valence-corrected chi connectivity index (χ0v) is 19.5. The summed E-state index contributed by atoms with van der Waals surface area (Å²) in [6, 6.07) is 12.1. The maximum Gasteiger partial charge on any atom is 0.261 e. The Hall–Kier alpha value is -2.24. The van der Waals surface area contributed by atoms with E-state index in [1.165, 1.54) is 17.5 Å². The van der Waals surface area contributed by atoms with Crippen molar-refractivity contribution in [2.75, 3.05) is 13.7 Å². The predicted molar refractivity (Wildman–Crippen MR) is 121 cm³/mol. The Morgan fingerprint density at radius 1 is 1.07 bits per heavy atom. The Kier molecular flexibility index (Phi) is 8.16. The second-order valence-corrected chi connectivity index (χ2v) is 8.94. The minimum atomic E-state index is -0.677. The maximum atomic E-state index is 12.9. The van der Waals surface area contributed by atoms with Gasteiger partial charge >= 0.3 is 0 Å². The zero-order chi connectivity index (χ0) is 22.5. The van der Waals surface area contributed by atoms with Crippen LogP contribution >= 0.6 is 23.2 Å². The molecule has 0 heterocycles. The molecule has 0 spiro atoms. The number of likely N-dealkylation sites (N-methyl/N-ethyl adjacent to an activating group) is 1. The molecule has 0 saturated carbocycles. The van der Waals surface area contributed by atoms with Crippen LogP contribution in [-0.4, -0.2) is 36.4 Å². The number of nitrogens with one attached hydrogen (secondary N) is 1. The number of halogens is 2. The van der Waals surface area contributed by atoms with Gasteiger partial charge in [-0.25, -0.2) is 0 Å². The highest BCUT2D eigenvalue weighted by Crippen LogP contribution is 2.25. The topological polar surface area (TPSA) is 58.6 Å². The van der Waals surface area contributed by atoms with E-state index in [4.69, 9.17) is 27.9 Å². The van der Waals surface area contributed by atoms with Crippen molar-refractivity contribution in [1.29, 1.82) is 0 Å². The molecule has 0 aliphatic carbocycles. The maximum absolute atomic E-state index is 12.9. The smallest absolute Gasteiger partial charge is 0.261 e. The molecule has 2 aromatic carbocycles. The van der Waals surface area contributed by atoms with Gasteiger partial charge in [0, 0.05) is 13.6 Å². The molecule has 0 aliphatic heterocycles. The van der Waals surface area contributed by atoms with Gasteiger partial charge in [-0.2, -0.15) is 0 Å². The van der Waals surface area contributed by atoms with Crippen molar-refractivity contribution in [3.8, 4) is 5.75 Å². The van der Waals surface area contributed by atoms with Gasteiger partial charge in [-0.15, -0.1) is 0 Å². The predicted octanol–water partition coefficient (Wildman–Crippen LogP) is 4.83. The van der Waals surface area contributed by atoms with Crippen LogP contribution in [0.2, 0.25) is 10.0 Å². The molecule has 2 amide bonds. The van der Waals surface area contributed by atoms with E-state index in [2.05, 4.69) is 26.1 Å². The highest BCUT2D eigenvalue weighted by molar-refractivity contribution is 6.42. The van der Waals surface area contributed by atoms with Crippen LogP contribution in [-0.2, 0) is 21.5 Å². The van der Waals surface area contributed by atoms with Crippen molar-refractivity contribution >= 4 is 35.0 Å². The van der Waals surface area contributed by atoms with E-state index in [0.717, 1.165) is 5.56 Å². The number of benzene rings is 2. The lowest BCUT2D eigenvalue weighted by Crippen LogP contribution is -2.48. The van der Waals surface area contributed by atoms with Crippen molar-refractivity contribution in [2.24, 2.45) is 0 Å². The largest absolute Gasteiger partial charge is 0.484 e. The van der Waals surface area contributed by atoms with Crippen LogP contribution in [0.5, 0.6) is 5.75 Å². The molecule has 162 valence electrons. The molecule has 0 saturated heterocycles. The van der Waals surface area contributed by atoms with Crippen LogP contribution in [0.4, 0.5) is 0 Å². The number of ether oxygens (including phenoxy) is 1. The summed E-state index contributed by atoms with van der Waals surface area (Å²) in [5.41, 5.74) is 1.98. The van der Waals surface area contributed by atoms with E-state index in [1.807, 2.05) is 24.3 Å². The van der Waals surface area contributed by atoms with Gasteiger partial charge in [0.25, 0.3) is 5.91 Å². The molecule has 7 heteroatoms. The molecule has 0 fully saturated rings. The van der Waals surface area contributed by atoms with Crippen LogP contribution in [0, 0.1) is 0 Å². The van der Waals surface area contributed by atoms with Crippen molar-refractivity contribution in [2.45, 2.75) is 45.7 Å². The second-order valence-electron chi connectivity index (χ2n) is 8.12. The molecule has 0 bridgehead atoms. The van der Waals surface area contributed by atoms with Gasteiger partial charge in [0.05, 0.1) is 10.0 Å². The quantitative estimate of drug-likeness (QED) is 0.656. The van der Waals surface area contributed by atoms with Crippen molar-refractivity contribution in [1.82, 2.24) is 10.2 Å². The molecular formula is C23H28Cl2N2O3. The van der Waals surface area contributed by atoms with Crippen LogP contribution in [0.3, 0.4) is 0 Å². The fourth-order valence-electron chi connectivity index (χ4n) is 2.91. The average molecular weight is 451 g/mol. The number of nitrogens with zero attached hydrogens (tertiary/aromatic N) is 1. The molecule has 1 unspecified atom stereocenters. The molecule has 2 aromatic rings. The third kappa shape index (κ3) is 6.38. The lowest BCUT2D eigenvalue weighted by molar-refractivity contribution is -0.142. The summed E-state index contributed by atoms with van der Waals surface area (Å²) in [5.74, 6) is 0.0217. The number of hydrogen-bond acceptors (Lipinski definition) is 3. The Morgan fingerprint density at radius 3 is 2.23 bits per heavy atom. The molecular weight excluding hydrogens is 423 g/mol. The van der Waals surface area contributed by atoms with Crippen molar-refractivity contribution in [3.05, 3.63) is 63.6 Å². The van der Waals surface area contributed by atoms with Gasteiger partial charge in [-0.1, -0.05) is 62.2 Å². The normalized spacial score (nSPS) is 12.2. The van der Waals surface area contributed by atoms with Crippen molar-refractivity contribution < 1.29 is 14.3 Å². The number of carbonyl (C=O) groups excluding carboxylic acids is 2. The van der Waals surface area contributed by atoms with E-state index < -0.39 is 6.04 Å². The summed E-state index contributed by atoms with van der Waals surface area (Å²) in [6.07, 6.45) is 0. The fraction of sp³-hybridized carbons (Fsp3) is 0.391. The monoisotopic (exact) mass is 450 g/mol. The summed E-state index contributed by atoms with van der Waals surface area (Å²) in [4.78, 5) is 26.6.